The van der Waals surface area contributed by atoms with Crippen molar-refractivity contribution in [1.29, 1.82) is 0 Å². The van der Waals surface area contributed by atoms with Crippen molar-refractivity contribution in [2.45, 2.75) is 64.1 Å². The van der Waals surface area contributed by atoms with E-state index in [9.17, 15) is 9.59 Å². The first-order valence-corrected chi connectivity index (χ1v) is 8.73. The number of likely N-dealkylation sites (tertiary alicyclic amines) is 2. The Labute approximate surface area is 142 Å². The second-order valence-electron chi connectivity index (χ2n) is 7.71. The minimum Gasteiger partial charge on any atom is -0.347 e. The van der Waals surface area contributed by atoms with Gasteiger partial charge in [0.05, 0.1) is 12.1 Å². The molecule has 0 saturated carbocycles. The Balaban J connectivity index is 1.65. The zero-order valence-electron chi connectivity index (χ0n) is 14.7. The van der Waals surface area contributed by atoms with Crippen molar-refractivity contribution in [2.24, 2.45) is 0 Å². The van der Waals surface area contributed by atoms with E-state index in [1.807, 2.05) is 30.6 Å². The highest BCUT2D eigenvalue weighted by molar-refractivity contribution is 5.82. The third-order valence-electron chi connectivity index (χ3n) is 4.86. The average molecular weight is 333 g/mol. The third-order valence-corrected chi connectivity index (χ3v) is 4.86. The number of hydrogen-bond acceptors (Lipinski definition) is 3. The summed E-state index contributed by atoms with van der Waals surface area (Å²) in [4.78, 5) is 36.1. The van der Waals surface area contributed by atoms with Gasteiger partial charge < -0.3 is 20.1 Å². The number of aromatic nitrogens is 2. The van der Waals surface area contributed by atoms with Crippen molar-refractivity contribution in [3.05, 3.63) is 18.2 Å². The lowest BCUT2D eigenvalue weighted by Crippen LogP contribution is -2.50. The van der Waals surface area contributed by atoms with Gasteiger partial charge in [-0.1, -0.05) is 0 Å². The second kappa shape index (κ2) is 6.45. The lowest BCUT2D eigenvalue weighted by molar-refractivity contribution is -0.131. The summed E-state index contributed by atoms with van der Waals surface area (Å²) in [5.74, 6) is 0.942. The van der Waals surface area contributed by atoms with E-state index in [1.54, 1.807) is 12.4 Å². The van der Waals surface area contributed by atoms with E-state index in [2.05, 4.69) is 15.3 Å². The predicted octanol–water partition coefficient (Wildman–Crippen LogP) is 2.05. The van der Waals surface area contributed by atoms with E-state index in [0.29, 0.717) is 13.0 Å². The largest absolute Gasteiger partial charge is 0.347 e. The SMILES string of the molecule is CC(C)(C)N1CC(NC(=O)N2CCCCC2c2ncc[nH]2)CC1=O. The molecule has 2 unspecified atom stereocenters. The number of aromatic amines is 1. The van der Waals surface area contributed by atoms with Crippen LogP contribution in [-0.4, -0.2) is 56.4 Å². The molecule has 2 N–H and O–H groups in total. The van der Waals surface area contributed by atoms with Crippen LogP contribution in [0.2, 0.25) is 0 Å². The van der Waals surface area contributed by atoms with E-state index in [1.165, 1.54) is 0 Å². The lowest BCUT2D eigenvalue weighted by atomic mass is 10.0. The van der Waals surface area contributed by atoms with Crippen molar-refractivity contribution in [3.8, 4) is 0 Å². The van der Waals surface area contributed by atoms with E-state index < -0.39 is 0 Å². The maximum Gasteiger partial charge on any atom is 0.318 e. The van der Waals surface area contributed by atoms with Crippen molar-refractivity contribution < 1.29 is 9.59 Å². The molecule has 3 amide bonds. The number of carbonyl (C=O) groups excluding carboxylic acids is 2. The fourth-order valence-electron chi connectivity index (χ4n) is 3.63. The number of piperidine rings is 1. The molecule has 132 valence electrons. The summed E-state index contributed by atoms with van der Waals surface area (Å²) < 4.78 is 0. The molecule has 2 fully saturated rings. The van der Waals surface area contributed by atoms with Crippen LogP contribution >= 0.6 is 0 Å². The Bertz CT molecular complexity index is 593. The van der Waals surface area contributed by atoms with Gasteiger partial charge in [0.1, 0.15) is 5.82 Å². The summed E-state index contributed by atoms with van der Waals surface area (Å²) in [5, 5.41) is 3.06. The zero-order valence-corrected chi connectivity index (χ0v) is 14.7. The molecule has 1 aromatic heterocycles. The van der Waals surface area contributed by atoms with Gasteiger partial charge in [0, 0.05) is 37.4 Å². The lowest BCUT2D eigenvalue weighted by Gasteiger charge is -2.35. The smallest absolute Gasteiger partial charge is 0.318 e. The summed E-state index contributed by atoms with van der Waals surface area (Å²) >= 11 is 0. The van der Waals surface area contributed by atoms with Crippen LogP contribution < -0.4 is 5.32 Å². The molecule has 0 spiro atoms. The molecule has 3 rings (SSSR count). The average Bonchev–Trinajstić information content (AvgIpc) is 3.16. The molecule has 0 bridgehead atoms. The van der Waals surface area contributed by atoms with Gasteiger partial charge in [-0.2, -0.15) is 0 Å². The van der Waals surface area contributed by atoms with Crippen LogP contribution in [-0.2, 0) is 4.79 Å². The first-order valence-electron chi connectivity index (χ1n) is 8.73. The molecule has 2 saturated heterocycles. The first kappa shape index (κ1) is 16.8. The molecule has 2 atom stereocenters. The highest BCUT2D eigenvalue weighted by atomic mass is 16.2. The first-order chi connectivity index (χ1) is 11.4. The third kappa shape index (κ3) is 3.39. The van der Waals surface area contributed by atoms with Crippen molar-refractivity contribution in [3.63, 3.8) is 0 Å². The maximum absolute atomic E-state index is 12.8. The normalized spacial score (nSPS) is 25.2. The number of H-pyrrole nitrogens is 1. The number of rotatable bonds is 2. The van der Waals surface area contributed by atoms with Crippen LogP contribution in [0.25, 0.3) is 0 Å². The molecule has 3 heterocycles. The topological polar surface area (TPSA) is 81.3 Å². The minimum atomic E-state index is -0.210. The number of imidazole rings is 1. The Hall–Kier alpha value is -2.05. The van der Waals surface area contributed by atoms with Gasteiger partial charge in [0.15, 0.2) is 0 Å². The molecule has 7 nitrogen and oxygen atoms in total. The van der Waals surface area contributed by atoms with Gasteiger partial charge in [0.2, 0.25) is 5.91 Å². The molecule has 1 aromatic rings. The van der Waals surface area contributed by atoms with E-state index >= 15 is 0 Å². The van der Waals surface area contributed by atoms with Crippen molar-refractivity contribution >= 4 is 11.9 Å². The summed E-state index contributed by atoms with van der Waals surface area (Å²) in [6, 6.07) is -0.224. The van der Waals surface area contributed by atoms with Gasteiger partial charge in [-0.3, -0.25) is 4.79 Å². The molecular weight excluding hydrogens is 306 g/mol. The fraction of sp³-hybridized carbons (Fsp3) is 0.706. The van der Waals surface area contributed by atoms with Gasteiger partial charge in [-0.05, 0) is 40.0 Å². The molecule has 0 aromatic carbocycles. The van der Waals surface area contributed by atoms with Gasteiger partial charge in [-0.25, -0.2) is 9.78 Å². The Morgan fingerprint density at radius 3 is 2.79 bits per heavy atom. The second-order valence-corrected chi connectivity index (χ2v) is 7.71. The van der Waals surface area contributed by atoms with Crippen LogP contribution in [0.1, 0.15) is 58.3 Å². The Morgan fingerprint density at radius 1 is 1.38 bits per heavy atom. The number of urea groups is 1. The highest BCUT2D eigenvalue weighted by Gasteiger charge is 2.38. The molecule has 24 heavy (non-hydrogen) atoms. The molecule has 0 aliphatic carbocycles. The molecule has 2 aliphatic heterocycles. The predicted molar refractivity (Wildman–Crippen MR) is 90.3 cm³/mol. The molecular formula is C17H27N5O2. The van der Waals surface area contributed by atoms with Crippen LogP contribution in [0, 0.1) is 0 Å². The number of amides is 3. The summed E-state index contributed by atoms with van der Waals surface area (Å²) in [7, 11) is 0. The summed E-state index contributed by atoms with van der Waals surface area (Å²) in [6.45, 7) is 7.36. The molecule has 2 aliphatic rings. The van der Waals surface area contributed by atoms with E-state index in [-0.39, 0.29) is 29.6 Å². The van der Waals surface area contributed by atoms with Crippen LogP contribution in [0.3, 0.4) is 0 Å². The number of hydrogen-bond donors (Lipinski definition) is 2. The maximum atomic E-state index is 12.8. The van der Waals surface area contributed by atoms with E-state index in [0.717, 1.165) is 31.6 Å². The molecule has 7 heteroatoms. The zero-order chi connectivity index (χ0) is 17.3. The van der Waals surface area contributed by atoms with Crippen LogP contribution in [0.15, 0.2) is 12.4 Å². The number of nitrogens with one attached hydrogen (secondary N) is 2. The Kier molecular flexibility index (Phi) is 4.51. The number of carbonyl (C=O) groups is 2. The van der Waals surface area contributed by atoms with Crippen molar-refractivity contribution in [2.75, 3.05) is 13.1 Å². The standard InChI is InChI=1S/C17H27N5O2/c1-17(2,3)22-11-12(10-14(22)23)20-16(24)21-9-5-4-6-13(21)15-18-7-8-19-15/h7-8,12-13H,4-6,9-11H2,1-3H3,(H,18,19)(H,20,24). The minimum absolute atomic E-state index is 0.00965. The summed E-state index contributed by atoms with van der Waals surface area (Å²) in [5.41, 5.74) is -0.210. The fourth-order valence-corrected chi connectivity index (χ4v) is 3.63. The van der Waals surface area contributed by atoms with Gasteiger partial charge >= 0.3 is 6.03 Å². The van der Waals surface area contributed by atoms with Crippen LogP contribution in [0.5, 0.6) is 0 Å². The quantitative estimate of drug-likeness (QED) is 0.869. The van der Waals surface area contributed by atoms with Crippen LogP contribution in [0.4, 0.5) is 4.79 Å². The highest BCUT2D eigenvalue weighted by Crippen LogP contribution is 2.29. The van der Waals surface area contributed by atoms with E-state index in [4.69, 9.17) is 0 Å². The Morgan fingerprint density at radius 2 is 2.17 bits per heavy atom. The van der Waals surface area contributed by atoms with Crippen molar-refractivity contribution in [1.82, 2.24) is 25.1 Å². The van der Waals surface area contributed by atoms with Gasteiger partial charge in [-0.15, -0.1) is 0 Å². The monoisotopic (exact) mass is 333 g/mol. The number of nitrogens with zero attached hydrogens (tertiary/aromatic N) is 3. The van der Waals surface area contributed by atoms with Gasteiger partial charge in [0.25, 0.3) is 0 Å². The molecule has 0 radical (unpaired) electrons. The summed E-state index contributed by atoms with van der Waals surface area (Å²) in [6.07, 6.45) is 6.89.